The number of sulfonamides is 1. The van der Waals surface area contributed by atoms with Gasteiger partial charge in [-0.1, -0.05) is 0 Å². The Morgan fingerprint density at radius 2 is 2.08 bits per heavy atom. The van der Waals surface area contributed by atoms with Crippen molar-refractivity contribution < 1.29 is 17.9 Å². The van der Waals surface area contributed by atoms with Crippen LogP contribution in [0.4, 0.5) is 0 Å². The molecule has 3 rings (SSSR count). The second kappa shape index (κ2) is 7.04. The van der Waals surface area contributed by atoms with Crippen molar-refractivity contribution in [2.75, 3.05) is 13.7 Å². The summed E-state index contributed by atoms with van der Waals surface area (Å²) in [5.74, 6) is -0.710. The number of methoxy groups -OCH3 is 1. The zero-order chi connectivity index (χ0) is 18.0. The average Bonchev–Trinajstić information content (AvgIpc) is 3.25. The van der Waals surface area contributed by atoms with E-state index in [4.69, 9.17) is 0 Å². The highest BCUT2D eigenvalue weighted by Gasteiger charge is 2.24. The molecule has 11 heteroatoms. The molecule has 132 valence electrons. The average molecular weight is 399 g/mol. The molecule has 0 amide bonds. The monoisotopic (exact) mass is 399 g/mol. The quantitative estimate of drug-likeness (QED) is 0.626. The number of esters is 1. The van der Waals surface area contributed by atoms with Gasteiger partial charge >= 0.3 is 5.97 Å². The second-order valence-corrected chi connectivity index (χ2v) is 8.43. The Kier molecular flexibility index (Phi) is 4.99. The molecule has 0 aliphatic carbocycles. The van der Waals surface area contributed by atoms with Crippen LogP contribution in [-0.4, -0.2) is 37.6 Å². The molecule has 25 heavy (non-hydrogen) atoms. The van der Waals surface area contributed by atoms with Crippen LogP contribution in [0.2, 0.25) is 0 Å². The van der Waals surface area contributed by atoms with E-state index >= 15 is 0 Å². The minimum atomic E-state index is -3.89. The molecule has 0 bridgehead atoms. The number of carbonyl (C=O) groups excluding carboxylic acids is 1. The highest BCUT2D eigenvalue weighted by molar-refractivity contribution is 7.89. The van der Waals surface area contributed by atoms with Gasteiger partial charge in [0.2, 0.25) is 10.0 Å². The number of nitrogens with one attached hydrogen (secondary N) is 1. The molecule has 1 N–H and O–H groups in total. The lowest BCUT2D eigenvalue weighted by Gasteiger charge is -2.08. The Labute approximate surface area is 150 Å². The maximum Gasteiger partial charge on any atom is 0.349 e. The number of nitrogens with zero attached hydrogens (tertiary/aromatic N) is 2. The summed E-state index contributed by atoms with van der Waals surface area (Å²) in [6, 6.07) is 3.02. The van der Waals surface area contributed by atoms with E-state index in [1.807, 2.05) is 0 Å². The molecule has 0 aliphatic rings. The molecular formula is C14H13N3O5S3. The van der Waals surface area contributed by atoms with Crippen molar-refractivity contribution in [3.05, 3.63) is 44.5 Å². The number of hydrogen-bond donors (Lipinski definition) is 1. The van der Waals surface area contributed by atoms with Gasteiger partial charge in [-0.15, -0.1) is 22.7 Å². The smallest absolute Gasteiger partial charge is 0.349 e. The van der Waals surface area contributed by atoms with E-state index in [2.05, 4.69) is 14.4 Å². The summed E-state index contributed by atoms with van der Waals surface area (Å²) >= 11 is 2.35. The molecule has 3 aromatic rings. The molecule has 3 heterocycles. The Morgan fingerprint density at radius 3 is 2.84 bits per heavy atom. The Balaban J connectivity index is 1.74. The first-order chi connectivity index (χ1) is 11.9. The highest BCUT2D eigenvalue weighted by atomic mass is 32.2. The summed E-state index contributed by atoms with van der Waals surface area (Å²) < 4.78 is 33.0. The van der Waals surface area contributed by atoms with Gasteiger partial charge in [-0.3, -0.25) is 9.36 Å². The molecule has 0 aromatic carbocycles. The summed E-state index contributed by atoms with van der Waals surface area (Å²) in [5.41, 5.74) is -0.226. The molecule has 0 atom stereocenters. The first-order valence-electron chi connectivity index (χ1n) is 7.02. The van der Waals surface area contributed by atoms with Gasteiger partial charge in [0.25, 0.3) is 5.56 Å². The van der Waals surface area contributed by atoms with Crippen molar-refractivity contribution in [3.63, 3.8) is 0 Å². The van der Waals surface area contributed by atoms with Crippen LogP contribution in [0.25, 0.3) is 10.2 Å². The fourth-order valence-electron chi connectivity index (χ4n) is 2.18. The maximum absolute atomic E-state index is 12.4. The van der Waals surface area contributed by atoms with E-state index in [-0.39, 0.29) is 28.4 Å². The molecule has 0 fully saturated rings. The molecular weight excluding hydrogens is 386 g/mol. The molecule has 0 saturated carbocycles. The predicted octanol–water partition coefficient (Wildman–Crippen LogP) is 1.28. The van der Waals surface area contributed by atoms with E-state index in [9.17, 15) is 18.0 Å². The summed E-state index contributed by atoms with van der Waals surface area (Å²) in [4.78, 5) is 28.5. The van der Waals surface area contributed by atoms with Crippen molar-refractivity contribution in [1.82, 2.24) is 14.3 Å². The van der Waals surface area contributed by atoms with E-state index in [0.717, 1.165) is 11.3 Å². The van der Waals surface area contributed by atoms with Crippen molar-refractivity contribution in [3.8, 4) is 0 Å². The second-order valence-electron chi connectivity index (χ2n) is 4.89. The molecule has 0 radical (unpaired) electrons. The zero-order valence-corrected chi connectivity index (χ0v) is 15.4. The van der Waals surface area contributed by atoms with E-state index in [0.29, 0.717) is 10.2 Å². The minimum Gasteiger partial charge on any atom is -0.465 e. The number of carbonyl (C=O) groups is 1. The lowest BCUT2D eigenvalue weighted by molar-refractivity contribution is 0.0602. The number of aromatic nitrogens is 2. The van der Waals surface area contributed by atoms with Crippen LogP contribution in [0, 0.1) is 0 Å². The standard InChI is InChI=1S/C14H13N3O5S3/c1-22-14(19)11-10(3-7-23-11)25(20,21)16-4-5-17-8-15-12-9(13(17)18)2-6-24-12/h2-3,6-8,16H,4-5H2,1H3. The first kappa shape index (κ1) is 17.7. The van der Waals surface area contributed by atoms with Crippen molar-refractivity contribution >= 4 is 48.9 Å². The number of fused-ring (bicyclic) bond motifs is 1. The third-order valence-corrected chi connectivity index (χ3v) is 6.73. The third-order valence-electron chi connectivity index (χ3n) is 3.38. The lowest BCUT2D eigenvalue weighted by atomic mass is 10.4. The lowest BCUT2D eigenvalue weighted by Crippen LogP contribution is -2.31. The fourth-order valence-corrected chi connectivity index (χ4v) is 5.26. The largest absolute Gasteiger partial charge is 0.465 e. The minimum absolute atomic E-state index is 0.00789. The summed E-state index contributed by atoms with van der Waals surface area (Å²) in [5, 5.41) is 3.78. The van der Waals surface area contributed by atoms with Gasteiger partial charge in [0, 0.05) is 13.1 Å². The summed E-state index contributed by atoms with van der Waals surface area (Å²) in [6.45, 7) is 0.102. The van der Waals surface area contributed by atoms with E-state index < -0.39 is 16.0 Å². The molecule has 0 spiro atoms. The van der Waals surface area contributed by atoms with Crippen LogP contribution in [0.15, 0.2) is 38.9 Å². The summed E-state index contributed by atoms with van der Waals surface area (Å²) in [7, 11) is -2.71. The summed E-state index contributed by atoms with van der Waals surface area (Å²) in [6.07, 6.45) is 1.39. The van der Waals surface area contributed by atoms with Gasteiger partial charge in [-0.2, -0.15) is 0 Å². The Bertz CT molecular complexity index is 1080. The van der Waals surface area contributed by atoms with Gasteiger partial charge in [-0.25, -0.2) is 22.9 Å². The van der Waals surface area contributed by atoms with Crippen LogP contribution in [-0.2, 0) is 21.3 Å². The van der Waals surface area contributed by atoms with Gasteiger partial charge in [0.05, 0.1) is 18.8 Å². The maximum atomic E-state index is 12.4. The van der Waals surface area contributed by atoms with Crippen molar-refractivity contribution in [2.24, 2.45) is 0 Å². The van der Waals surface area contributed by atoms with Crippen LogP contribution in [0.1, 0.15) is 9.67 Å². The van der Waals surface area contributed by atoms with Crippen LogP contribution in [0.3, 0.4) is 0 Å². The van der Waals surface area contributed by atoms with Gasteiger partial charge in [0.1, 0.15) is 14.6 Å². The topological polar surface area (TPSA) is 107 Å². The van der Waals surface area contributed by atoms with Crippen molar-refractivity contribution in [2.45, 2.75) is 11.4 Å². The zero-order valence-electron chi connectivity index (χ0n) is 13.0. The van der Waals surface area contributed by atoms with Crippen LogP contribution in [0.5, 0.6) is 0 Å². The van der Waals surface area contributed by atoms with Crippen molar-refractivity contribution in [1.29, 1.82) is 0 Å². The van der Waals surface area contributed by atoms with Gasteiger partial charge in [-0.05, 0) is 22.9 Å². The van der Waals surface area contributed by atoms with E-state index in [1.165, 1.54) is 40.8 Å². The molecule has 0 saturated heterocycles. The Hall–Kier alpha value is -2.08. The van der Waals surface area contributed by atoms with Gasteiger partial charge < -0.3 is 4.74 Å². The third kappa shape index (κ3) is 3.49. The molecule has 3 aromatic heterocycles. The highest BCUT2D eigenvalue weighted by Crippen LogP contribution is 2.22. The van der Waals surface area contributed by atoms with Crippen LogP contribution >= 0.6 is 22.7 Å². The normalized spacial score (nSPS) is 11.7. The van der Waals surface area contributed by atoms with Crippen LogP contribution < -0.4 is 10.3 Å². The fraction of sp³-hybridized carbons (Fsp3) is 0.214. The number of rotatable bonds is 6. The first-order valence-corrected chi connectivity index (χ1v) is 10.3. The number of thiophene rings is 2. The number of hydrogen-bond acceptors (Lipinski definition) is 8. The molecule has 8 nitrogen and oxygen atoms in total. The number of ether oxygens (including phenoxy) is 1. The molecule has 0 aliphatic heterocycles. The SMILES string of the molecule is COC(=O)c1sccc1S(=O)(=O)NCCn1cnc2sccc2c1=O. The molecule has 0 unspecified atom stereocenters. The predicted molar refractivity (Wildman–Crippen MR) is 94.7 cm³/mol. The van der Waals surface area contributed by atoms with E-state index in [1.54, 1.807) is 11.4 Å². The van der Waals surface area contributed by atoms with Gasteiger partial charge in [0.15, 0.2) is 0 Å². The Morgan fingerprint density at radius 1 is 1.32 bits per heavy atom.